The lowest BCUT2D eigenvalue weighted by Gasteiger charge is -2.24. The highest BCUT2D eigenvalue weighted by atomic mass is 35.5. The number of methoxy groups -OCH3 is 1. The van der Waals surface area contributed by atoms with Crippen molar-refractivity contribution in [1.82, 2.24) is 5.32 Å². The van der Waals surface area contributed by atoms with Gasteiger partial charge in [0.15, 0.2) is 0 Å². The second kappa shape index (κ2) is 6.22. The minimum Gasteiger partial charge on any atom is -0.495 e. The minimum absolute atomic E-state index is 0.0149. The summed E-state index contributed by atoms with van der Waals surface area (Å²) >= 11 is 5.92. The molecule has 1 heterocycles. The van der Waals surface area contributed by atoms with Crippen molar-refractivity contribution >= 4 is 11.6 Å². The Hall–Kier alpha value is -0.940. The van der Waals surface area contributed by atoms with Crippen LogP contribution in [0.4, 0.5) is 13.2 Å². The third-order valence-corrected chi connectivity index (χ3v) is 3.84. The van der Waals surface area contributed by atoms with Crippen LogP contribution in [0.5, 0.6) is 5.75 Å². The van der Waals surface area contributed by atoms with E-state index in [-0.39, 0.29) is 5.02 Å². The molecule has 112 valence electrons. The summed E-state index contributed by atoms with van der Waals surface area (Å²) in [6.45, 7) is 1.79. The maximum Gasteiger partial charge on any atom is 0.416 e. The summed E-state index contributed by atoms with van der Waals surface area (Å²) in [5.74, 6) is 0.669. The Kier molecular flexibility index (Phi) is 4.81. The molecular formula is C14H17ClF3NO. The molecule has 0 radical (unpaired) electrons. The van der Waals surface area contributed by atoms with E-state index in [0.29, 0.717) is 23.7 Å². The SMILES string of the molecule is COc1c(Cl)cc(C(F)(F)F)cc1CC1CCCNC1. The Labute approximate surface area is 121 Å². The zero-order valence-corrected chi connectivity index (χ0v) is 11.9. The van der Waals surface area contributed by atoms with Crippen molar-refractivity contribution in [3.63, 3.8) is 0 Å². The van der Waals surface area contributed by atoms with Gasteiger partial charge >= 0.3 is 6.18 Å². The van der Waals surface area contributed by atoms with E-state index >= 15 is 0 Å². The fraction of sp³-hybridized carbons (Fsp3) is 0.571. The molecule has 2 nitrogen and oxygen atoms in total. The standard InChI is InChI=1S/C14H17ClF3NO/c1-20-13-10(5-9-3-2-4-19-8-9)6-11(7-12(13)15)14(16,17)18/h6-7,9,19H,2-5,8H2,1H3. The number of piperidine rings is 1. The highest BCUT2D eigenvalue weighted by Crippen LogP contribution is 2.38. The number of hydrogen-bond donors (Lipinski definition) is 1. The van der Waals surface area contributed by atoms with Crippen LogP contribution in [0.25, 0.3) is 0 Å². The number of rotatable bonds is 3. The molecule has 0 spiro atoms. The fourth-order valence-corrected chi connectivity index (χ4v) is 2.92. The van der Waals surface area contributed by atoms with Gasteiger partial charge in [0.2, 0.25) is 0 Å². The van der Waals surface area contributed by atoms with Gasteiger partial charge in [-0.05, 0) is 56.0 Å². The average Bonchev–Trinajstić information content (AvgIpc) is 2.38. The summed E-state index contributed by atoms with van der Waals surface area (Å²) in [5.41, 5.74) is -0.192. The smallest absolute Gasteiger partial charge is 0.416 e. The van der Waals surface area contributed by atoms with Gasteiger partial charge in [0.1, 0.15) is 5.75 Å². The summed E-state index contributed by atoms with van der Waals surface area (Å²) in [5, 5.41) is 3.27. The summed E-state index contributed by atoms with van der Waals surface area (Å²) in [6, 6.07) is 2.07. The maximum atomic E-state index is 12.9. The van der Waals surface area contributed by atoms with Gasteiger partial charge in [0, 0.05) is 0 Å². The highest BCUT2D eigenvalue weighted by Gasteiger charge is 2.32. The van der Waals surface area contributed by atoms with E-state index in [0.717, 1.165) is 38.1 Å². The van der Waals surface area contributed by atoms with Crippen molar-refractivity contribution in [1.29, 1.82) is 0 Å². The molecule has 1 unspecified atom stereocenters. The molecule has 1 aromatic carbocycles. The monoisotopic (exact) mass is 307 g/mol. The first-order chi connectivity index (χ1) is 9.41. The lowest BCUT2D eigenvalue weighted by molar-refractivity contribution is -0.137. The Balaban J connectivity index is 2.30. The average molecular weight is 308 g/mol. The Bertz CT molecular complexity index is 470. The van der Waals surface area contributed by atoms with Crippen LogP contribution >= 0.6 is 11.6 Å². The van der Waals surface area contributed by atoms with E-state index in [9.17, 15) is 13.2 Å². The van der Waals surface area contributed by atoms with Gasteiger partial charge in [-0.15, -0.1) is 0 Å². The predicted molar refractivity (Wildman–Crippen MR) is 72.3 cm³/mol. The summed E-state index contributed by atoms with van der Waals surface area (Å²) in [6.07, 6.45) is -1.81. The van der Waals surface area contributed by atoms with Gasteiger partial charge in [-0.1, -0.05) is 11.6 Å². The van der Waals surface area contributed by atoms with Crippen LogP contribution in [0.15, 0.2) is 12.1 Å². The number of benzene rings is 1. The molecule has 20 heavy (non-hydrogen) atoms. The normalized spacial score (nSPS) is 19.9. The number of ether oxygens (including phenoxy) is 1. The van der Waals surface area contributed by atoms with Crippen LogP contribution in [0.1, 0.15) is 24.0 Å². The molecule has 1 atom stereocenters. The topological polar surface area (TPSA) is 21.3 Å². The first kappa shape index (κ1) is 15.4. The molecule has 1 aliphatic heterocycles. The molecule has 2 rings (SSSR count). The molecule has 1 fully saturated rings. The number of halogens is 4. The first-order valence-corrected chi connectivity index (χ1v) is 6.94. The fourth-order valence-electron chi connectivity index (χ4n) is 2.60. The molecule has 1 aromatic rings. The van der Waals surface area contributed by atoms with Gasteiger partial charge in [0.25, 0.3) is 0 Å². The molecule has 0 saturated carbocycles. The molecule has 0 amide bonds. The van der Waals surface area contributed by atoms with E-state index < -0.39 is 11.7 Å². The number of alkyl halides is 3. The number of hydrogen-bond acceptors (Lipinski definition) is 2. The molecule has 0 bridgehead atoms. The zero-order valence-electron chi connectivity index (χ0n) is 11.2. The molecule has 1 N–H and O–H groups in total. The lowest BCUT2D eigenvalue weighted by atomic mass is 9.91. The quantitative estimate of drug-likeness (QED) is 0.914. The zero-order chi connectivity index (χ0) is 14.8. The van der Waals surface area contributed by atoms with Gasteiger partial charge in [-0.2, -0.15) is 13.2 Å². The molecular weight excluding hydrogens is 291 g/mol. The minimum atomic E-state index is -4.39. The second-order valence-electron chi connectivity index (χ2n) is 5.06. The van der Waals surface area contributed by atoms with Crippen LogP contribution in [0, 0.1) is 5.92 Å². The Morgan fingerprint density at radius 2 is 2.15 bits per heavy atom. The van der Waals surface area contributed by atoms with Crippen molar-refractivity contribution in [2.75, 3.05) is 20.2 Å². The summed E-state index contributed by atoms with van der Waals surface area (Å²) in [7, 11) is 1.43. The van der Waals surface area contributed by atoms with Gasteiger partial charge in [-0.3, -0.25) is 0 Å². The number of nitrogens with one attached hydrogen (secondary N) is 1. The Morgan fingerprint density at radius 3 is 2.70 bits per heavy atom. The van der Waals surface area contributed by atoms with Crippen LogP contribution in [0.3, 0.4) is 0 Å². The van der Waals surface area contributed by atoms with Crippen molar-refractivity contribution in [3.05, 3.63) is 28.3 Å². The van der Waals surface area contributed by atoms with E-state index in [2.05, 4.69) is 5.32 Å². The van der Waals surface area contributed by atoms with E-state index in [1.54, 1.807) is 0 Å². The van der Waals surface area contributed by atoms with Crippen LogP contribution in [-0.2, 0) is 12.6 Å². The predicted octanol–water partition coefficient (Wildman–Crippen LogP) is 3.91. The maximum absolute atomic E-state index is 12.9. The van der Waals surface area contributed by atoms with Crippen molar-refractivity contribution < 1.29 is 17.9 Å². The van der Waals surface area contributed by atoms with E-state index in [1.165, 1.54) is 7.11 Å². The van der Waals surface area contributed by atoms with Crippen LogP contribution in [0.2, 0.25) is 5.02 Å². The van der Waals surface area contributed by atoms with Crippen molar-refractivity contribution in [2.24, 2.45) is 5.92 Å². The lowest BCUT2D eigenvalue weighted by Crippen LogP contribution is -2.31. The molecule has 0 aromatic heterocycles. The third-order valence-electron chi connectivity index (χ3n) is 3.56. The van der Waals surface area contributed by atoms with Crippen LogP contribution in [-0.4, -0.2) is 20.2 Å². The van der Waals surface area contributed by atoms with Crippen molar-refractivity contribution in [2.45, 2.75) is 25.4 Å². The highest BCUT2D eigenvalue weighted by molar-refractivity contribution is 6.32. The first-order valence-electron chi connectivity index (χ1n) is 6.56. The summed E-state index contributed by atoms with van der Waals surface area (Å²) < 4.78 is 43.7. The molecule has 1 saturated heterocycles. The largest absolute Gasteiger partial charge is 0.495 e. The van der Waals surface area contributed by atoms with Crippen LogP contribution < -0.4 is 10.1 Å². The second-order valence-corrected chi connectivity index (χ2v) is 5.47. The Morgan fingerprint density at radius 1 is 1.40 bits per heavy atom. The van der Waals surface area contributed by atoms with E-state index in [4.69, 9.17) is 16.3 Å². The summed E-state index contributed by atoms with van der Waals surface area (Å²) in [4.78, 5) is 0. The van der Waals surface area contributed by atoms with Crippen molar-refractivity contribution in [3.8, 4) is 5.75 Å². The molecule has 1 aliphatic rings. The third kappa shape index (κ3) is 3.58. The van der Waals surface area contributed by atoms with Gasteiger partial charge in [-0.25, -0.2) is 0 Å². The van der Waals surface area contributed by atoms with Gasteiger partial charge < -0.3 is 10.1 Å². The molecule has 6 heteroatoms. The van der Waals surface area contributed by atoms with E-state index in [1.807, 2.05) is 0 Å². The van der Waals surface area contributed by atoms with Gasteiger partial charge in [0.05, 0.1) is 17.7 Å². The molecule has 0 aliphatic carbocycles.